The maximum Gasteiger partial charge on any atom is 0.178 e. The van der Waals surface area contributed by atoms with Crippen molar-refractivity contribution in [1.29, 1.82) is 0 Å². The number of unbranched alkanes of at least 4 members (excludes halogenated alkanes) is 13. The van der Waals surface area contributed by atoms with Crippen LogP contribution >= 0.6 is 0 Å². The Morgan fingerprint density at radius 1 is 0.600 bits per heavy atom. The quantitative estimate of drug-likeness (QED) is 0.325. The Hall–Kier alpha value is -0.560. The zero-order valence-corrected chi connectivity index (χ0v) is 17.9. The number of hydrogen-bond donors (Lipinski definition) is 0. The third-order valence-electron chi connectivity index (χ3n) is 5.26. The van der Waals surface area contributed by atoms with E-state index in [-0.39, 0.29) is 12.4 Å². The van der Waals surface area contributed by atoms with Gasteiger partial charge in [0.2, 0.25) is 0 Å². The first-order chi connectivity index (χ1) is 11.8. The van der Waals surface area contributed by atoms with Crippen molar-refractivity contribution in [3.8, 4) is 0 Å². The smallest absolute Gasteiger partial charge is 0.178 e. The van der Waals surface area contributed by atoms with Gasteiger partial charge in [0, 0.05) is 32.4 Å². The SMILES string of the molecule is CCCCCCCCCCCCCCCC[n+]1c(C)cccc1C.[Cl-]. The summed E-state index contributed by atoms with van der Waals surface area (Å²) in [7, 11) is 0. The van der Waals surface area contributed by atoms with Crippen molar-refractivity contribution in [3.05, 3.63) is 29.6 Å². The highest BCUT2D eigenvalue weighted by Crippen LogP contribution is 2.13. The van der Waals surface area contributed by atoms with Crippen LogP contribution in [-0.2, 0) is 6.54 Å². The molecule has 25 heavy (non-hydrogen) atoms. The molecule has 0 spiro atoms. The van der Waals surface area contributed by atoms with Crippen LogP contribution in [0, 0.1) is 13.8 Å². The molecule has 1 nitrogen and oxygen atoms in total. The summed E-state index contributed by atoms with van der Waals surface area (Å²) in [5, 5.41) is 0. The largest absolute Gasteiger partial charge is 1.00 e. The number of rotatable bonds is 15. The third kappa shape index (κ3) is 12.4. The maximum absolute atomic E-state index is 2.46. The Morgan fingerprint density at radius 2 is 0.960 bits per heavy atom. The van der Waals surface area contributed by atoms with Crippen molar-refractivity contribution in [2.75, 3.05) is 0 Å². The molecule has 0 aliphatic carbocycles. The molecule has 0 radical (unpaired) electrons. The lowest BCUT2D eigenvalue weighted by Gasteiger charge is -2.04. The van der Waals surface area contributed by atoms with Crippen molar-refractivity contribution in [2.24, 2.45) is 0 Å². The molecule has 0 aliphatic rings. The second-order valence-corrected chi connectivity index (χ2v) is 7.56. The Balaban J connectivity index is 0.00000576. The van der Waals surface area contributed by atoms with Gasteiger partial charge in [0.15, 0.2) is 11.4 Å². The van der Waals surface area contributed by atoms with E-state index in [1.807, 2.05) is 0 Å². The molecule has 0 fully saturated rings. The molecule has 1 aromatic rings. The minimum absolute atomic E-state index is 0. The molecule has 0 N–H and O–H groups in total. The molecule has 1 heterocycles. The van der Waals surface area contributed by atoms with Crippen LogP contribution in [-0.4, -0.2) is 0 Å². The van der Waals surface area contributed by atoms with Gasteiger partial charge in [-0.1, -0.05) is 84.0 Å². The summed E-state index contributed by atoms with van der Waals surface area (Å²) in [5.74, 6) is 0. The first-order valence-corrected chi connectivity index (χ1v) is 10.7. The lowest BCUT2D eigenvalue weighted by Crippen LogP contribution is -3.00. The highest BCUT2D eigenvalue weighted by atomic mass is 35.5. The Labute approximate surface area is 164 Å². The van der Waals surface area contributed by atoms with E-state index in [0.717, 1.165) is 0 Å². The predicted molar refractivity (Wildman–Crippen MR) is 106 cm³/mol. The van der Waals surface area contributed by atoms with E-state index >= 15 is 0 Å². The van der Waals surface area contributed by atoms with Crippen LogP contribution in [0.1, 0.15) is 108 Å². The van der Waals surface area contributed by atoms with Gasteiger partial charge in [-0.25, -0.2) is 4.57 Å². The van der Waals surface area contributed by atoms with Gasteiger partial charge in [0.25, 0.3) is 0 Å². The molecule has 0 saturated carbocycles. The van der Waals surface area contributed by atoms with E-state index in [4.69, 9.17) is 0 Å². The summed E-state index contributed by atoms with van der Waals surface area (Å²) < 4.78 is 2.46. The Bertz CT molecular complexity index is 396. The van der Waals surface area contributed by atoms with E-state index in [1.165, 1.54) is 108 Å². The summed E-state index contributed by atoms with van der Waals surface area (Å²) in [5.41, 5.74) is 2.79. The average molecular weight is 368 g/mol. The standard InChI is InChI=1S/C23H42N.ClH/c1-4-5-6-7-8-9-10-11-12-13-14-15-16-17-21-24-22(2)19-18-20-23(24)3;/h18-20H,4-17,21H2,1-3H3;1H/q+1;/p-1. The van der Waals surface area contributed by atoms with E-state index in [9.17, 15) is 0 Å². The van der Waals surface area contributed by atoms with Gasteiger partial charge < -0.3 is 12.4 Å². The van der Waals surface area contributed by atoms with Crippen molar-refractivity contribution in [2.45, 2.75) is 117 Å². The second kappa shape index (κ2) is 16.9. The summed E-state index contributed by atoms with van der Waals surface area (Å²) in [6, 6.07) is 6.60. The molecule has 0 aliphatic heterocycles. The van der Waals surface area contributed by atoms with Gasteiger partial charge in [-0.3, -0.25) is 0 Å². The van der Waals surface area contributed by atoms with Crippen LogP contribution in [0.5, 0.6) is 0 Å². The molecule has 146 valence electrons. The second-order valence-electron chi connectivity index (χ2n) is 7.56. The van der Waals surface area contributed by atoms with E-state index in [1.54, 1.807) is 0 Å². The van der Waals surface area contributed by atoms with Crippen LogP contribution < -0.4 is 17.0 Å². The lowest BCUT2D eigenvalue weighted by atomic mass is 10.0. The topological polar surface area (TPSA) is 3.88 Å². The molecule has 0 atom stereocenters. The maximum atomic E-state index is 2.46. The molecule has 0 unspecified atom stereocenters. The Morgan fingerprint density at radius 3 is 1.36 bits per heavy atom. The van der Waals surface area contributed by atoms with Crippen LogP contribution in [0.4, 0.5) is 0 Å². The van der Waals surface area contributed by atoms with Crippen molar-refractivity contribution < 1.29 is 17.0 Å². The number of halogens is 1. The number of pyridine rings is 1. The van der Waals surface area contributed by atoms with Crippen LogP contribution in [0.15, 0.2) is 18.2 Å². The van der Waals surface area contributed by atoms with Gasteiger partial charge in [-0.05, 0) is 12.5 Å². The normalized spacial score (nSPS) is 10.7. The number of nitrogens with zero attached hydrogens (tertiary/aromatic N) is 1. The highest BCUT2D eigenvalue weighted by Gasteiger charge is 2.08. The highest BCUT2D eigenvalue weighted by molar-refractivity contribution is 5.00. The van der Waals surface area contributed by atoms with Crippen LogP contribution in [0.25, 0.3) is 0 Å². The van der Waals surface area contributed by atoms with Crippen LogP contribution in [0.2, 0.25) is 0 Å². The molecule has 1 rings (SSSR count). The number of aromatic nitrogens is 1. The van der Waals surface area contributed by atoms with Gasteiger partial charge in [-0.15, -0.1) is 0 Å². The van der Waals surface area contributed by atoms with Gasteiger partial charge in [0.05, 0.1) is 0 Å². The lowest BCUT2D eigenvalue weighted by molar-refractivity contribution is -0.709. The third-order valence-corrected chi connectivity index (χ3v) is 5.26. The Kier molecular flexibility index (Phi) is 16.5. The monoisotopic (exact) mass is 367 g/mol. The first kappa shape index (κ1) is 24.4. The first-order valence-electron chi connectivity index (χ1n) is 10.7. The fraction of sp³-hybridized carbons (Fsp3) is 0.783. The molecule has 2 heteroatoms. The fourth-order valence-corrected chi connectivity index (χ4v) is 3.60. The fourth-order valence-electron chi connectivity index (χ4n) is 3.60. The van der Waals surface area contributed by atoms with Crippen LogP contribution in [0.3, 0.4) is 0 Å². The van der Waals surface area contributed by atoms with E-state index in [0.29, 0.717) is 0 Å². The summed E-state index contributed by atoms with van der Waals surface area (Å²) in [6.45, 7) is 7.92. The van der Waals surface area contributed by atoms with Crippen molar-refractivity contribution in [1.82, 2.24) is 0 Å². The van der Waals surface area contributed by atoms with E-state index < -0.39 is 0 Å². The number of hydrogen-bond acceptors (Lipinski definition) is 0. The number of aryl methyl sites for hydroxylation is 2. The zero-order chi connectivity index (χ0) is 17.5. The van der Waals surface area contributed by atoms with Gasteiger partial charge in [-0.2, -0.15) is 0 Å². The molecule has 0 bridgehead atoms. The molecule has 1 aromatic heterocycles. The minimum Gasteiger partial charge on any atom is -1.00 e. The van der Waals surface area contributed by atoms with Gasteiger partial charge in [0.1, 0.15) is 6.54 Å². The average Bonchev–Trinajstić information content (AvgIpc) is 2.57. The molecule has 0 amide bonds. The van der Waals surface area contributed by atoms with E-state index in [2.05, 4.69) is 43.5 Å². The summed E-state index contributed by atoms with van der Waals surface area (Å²) in [4.78, 5) is 0. The minimum atomic E-state index is 0. The molecular weight excluding hydrogens is 326 g/mol. The summed E-state index contributed by atoms with van der Waals surface area (Å²) in [6.07, 6.45) is 20.1. The summed E-state index contributed by atoms with van der Waals surface area (Å²) >= 11 is 0. The molecule has 0 saturated heterocycles. The van der Waals surface area contributed by atoms with Gasteiger partial charge >= 0.3 is 0 Å². The molecular formula is C23H42ClN. The van der Waals surface area contributed by atoms with Crippen molar-refractivity contribution >= 4 is 0 Å². The predicted octanol–water partition coefficient (Wildman–Crippen LogP) is 4.08. The van der Waals surface area contributed by atoms with Crippen molar-refractivity contribution in [3.63, 3.8) is 0 Å². The zero-order valence-electron chi connectivity index (χ0n) is 17.2. The molecule has 0 aromatic carbocycles.